The predicted octanol–water partition coefficient (Wildman–Crippen LogP) is 4.32. The number of benzene rings is 2. The minimum Gasteiger partial charge on any atom is -0.390 e. The fourth-order valence-electron chi connectivity index (χ4n) is 7.02. The number of likely N-dealkylation sites (tertiary alicyclic amines) is 1. The van der Waals surface area contributed by atoms with Gasteiger partial charge in [0.15, 0.2) is 0 Å². The van der Waals surface area contributed by atoms with Crippen molar-refractivity contribution in [3.8, 4) is 0 Å². The zero-order valence-electron chi connectivity index (χ0n) is 22.5. The quantitative estimate of drug-likeness (QED) is 0.609. The SMILES string of the molecule is CC1(C)CN(C[C@@H](O)[C@@H]2Cc3ccccc3CN2)C(=O)c2ccc(C(=O)N3CCC4(CCC4)CC3)cc21.Cl. The van der Waals surface area contributed by atoms with Crippen molar-refractivity contribution in [2.75, 3.05) is 26.2 Å². The van der Waals surface area contributed by atoms with Crippen molar-refractivity contribution in [3.63, 3.8) is 0 Å². The Morgan fingerprint density at radius 3 is 2.47 bits per heavy atom. The van der Waals surface area contributed by atoms with E-state index < -0.39 is 6.10 Å². The standard InChI is InChI=1S/C31H39N3O3.ClH/c1-30(2)20-34(19-27(35)26-17-21-6-3-4-7-23(21)18-32-26)29(37)24-9-8-22(16-25(24)30)28(36)33-14-12-31(13-15-33)10-5-11-31;/h3-4,6-9,16,26-27,32,35H,5,10-15,17-20H2,1-2H3;1H/t26-,27+;/m0./s1. The molecule has 6 rings (SSSR count). The highest BCUT2D eigenvalue weighted by Crippen LogP contribution is 2.49. The van der Waals surface area contributed by atoms with Crippen LogP contribution < -0.4 is 5.32 Å². The molecule has 6 nitrogen and oxygen atoms in total. The molecule has 1 saturated carbocycles. The van der Waals surface area contributed by atoms with E-state index in [4.69, 9.17) is 0 Å². The number of carbonyl (C=O) groups is 2. The summed E-state index contributed by atoms with van der Waals surface area (Å²) < 4.78 is 0. The average Bonchev–Trinajstić information content (AvgIpc) is 2.89. The third-order valence-corrected chi connectivity index (χ3v) is 9.61. The highest BCUT2D eigenvalue weighted by atomic mass is 35.5. The van der Waals surface area contributed by atoms with Crippen molar-refractivity contribution >= 4 is 24.2 Å². The van der Waals surface area contributed by atoms with Crippen LogP contribution in [0.1, 0.15) is 83.4 Å². The monoisotopic (exact) mass is 537 g/mol. The minimum absolute atomic E-state index is 0. The van der Waals surface area contributed by atoms with Crippen LogP contribution in [0.5, 0.6) is 0 Å². The van der Waals surface area contributed by atoms with E-state index in [9.17, 15) is 14.7 Å². The van der Waals surface area contributed by atoms with Gasteiger partial charge >= 0.3 is 0 Å². The van der Waals surface area contributed by atoms with Gasteiger partial charge in [-0.25, -0.2) is 0 Å². The first-order chi connectivity index (χ1) is 17.7. The zero-order valence-corrected chi connectivity index (χ0v) is 23.4. The normalized spacial score (nSPS) is 24.1. The molecule has 1 aliphatic carbocycles. The summed E-state index contributed by atoms with van der Waals surface area (Å²) in [7, 11) is 0. The Balaban J connectivity index is 0.00000294. The molecule has 0 unspecified atom stereocenters. The van der Waals surface area contributed by atoms with Crippen LogP contribution in [-0.4, -0.2) is 65.0 Å². The molecule has 0 aromatic heterocycles. The van der Waals surface area contributed by atoms with E-state index in [1.165, 1.54) is 30.4 Å². The molecule has 2 amide bonds. The summed E-state index contributed by atoms with van der Waals surface area (Å²) in [6.07, 6.45) is 6.30. The number of β-amino-alcohol motifs (C(OH)–C–C–N with tert-alkyl or cyclic N) is 1. The van der Waals surface area contributed by atoms with E-state index in [-0.39, 0.29) is 42.2 Å². The van der Waals surface area contributed by atoms with Crippen LogP contribution in [0.15, 0.2) is 42.5 Å². The van der Waals surface area contributed by atoms with E-state index in [1.54, 1.807) is 4.90 Å². The van der Waals surface area contributed by atoms with Gasteiger partial charge in [0.2, 0.25) is 0 Å². The number of piperidine rings is 1. The second-order valence-corrected chi connectivity index (χ2v) is 12.5. The molecule has 3 heterocycles. The topological polar surface area (TPSA) is 72.9 Å². The van der Waals surface area contributed by atoms with E-state index in [1.807, 2.05) is 35.2 Å². The minimum atomic E-state index is -0.659. The Kier molecular flexibility index (Phi) is 7.36. The fraction of sp³-hybridized carbons (Fsp3) is 0.548. The van der Waals surface area contributed by atoms with E-state index in [0.29, 0.717) is 23.1 Å². The number of hydrogen-bond donors (Lipinski definition) is 2. The molecule has 2 N–H and O–H groups in total. The number of fused-ring (bicyclic) bond motifs is 2. The van der Waals surface area contributed by atoms with Gasteiger partial charge in [0, 0.05) is 55.3 Å². The first-order valence-electron chi connectivity index (χ1n) is 14.0. The Morgan fingerprint density at radius 1 is 1.08 bits per heavy atom. The second kappa shape index (κ2) is 10.3. The van der Waals surface area contributed by atoms with Crippen molar-refractivity contribution in [1.82, 2.24) is 15.1 Å². The summed E-state index contributed by atoms with van der Waals surface area (Å²) in [5, 5.41) is 14.6. The number of halogens is 1. The number of rotatable bonds is 4. The molecule has 1 spiro atoms. The number of aliphatic hydroxyl groups excluding tert-OH is 1. The molecule has 2 atom stereocenters. The maximum atomic E-state index is 13.5. The van der Waals surface area contributed by atoms with Gasteiger partial charge in [0.25, 0.3) is 11.8 Å². The van der Waals surface area contributed by atoms with Crippen molar-refractivity contribution in [3.05, 3.63) is 70.3 Å². The van der Waals surface area contributed by atoms with Crippen molar-refractivity contribution in [2.45, 2.75) is 76.5 Å². The lowest BCUT2D eigenvalue weighted by atomic mass is 9.63. The summed E-state index contributed by atoms with van der Waals surface area (Å²) >= 11 is 0. The van der Waals surface area contributed by atoms with Crippen molar-refractivity contribution < 1.29 is 14.7 Å². The van der Waals surface area contributed by atoms with Crippen LogP contribution in [0.25, 0.3) is 0 Å². The van der Waals surface area contributed by atoms with Gasteiger partial charge in [-0.3, -0.25) is 9.59 Å². The van der Waals surface area contributed by atoms with E-state index in [0.717, 1.165) is 44.5 Å². The van der Waals surface area contributed by atoms with Gasteiger partial charge < -0.3 is 20.2 Å². The molecule has 2 aromatic rings. The highest BCUT2D eigenvalue weighted by Gasteiger charge is 2.42. The second-order valence-electron chi connectivity index (χ2n) is 12.5. The third-order valence-electron chi connectivity index (χ3n) is 9.61. The summed E-state index contributed by atoms with van der Waals surface area (Å²) in [4.78, 5) is 30.7. The van der Waals surface area contributed by atoms with Gasteiger partial charge in [-0.1, -0.05) is 44.5 Å². The fourth-order valence-corrected chi connectivity index (χ4v) is 7.02. The molecule has 7 heteroatoms. The maximum absolute atomic E-state index is 13.5. The molecule has 3 aliphatic heterocycles. The molecule has 4 aliphatic rings. The number of hydrogen-bond acceptors (Lipinski definition) is 4. The highest BCUT2D eigenvalue weighted by molar-refractivity contribution is 6.00. The van der Waals surface area contributed by atoms with Crippen LogP contribution in [0.2, 0.25) is 0 Å². The number of amides is 2. The lowest BCUT2D eigenvalue weighted by molar-refractivity contribution is 0.0286. The summed E-state index contributed by atoms with van der Waals surface area (Å²) in [6.45, 7) is 7.47. The first-order valence-corrected chi connectivity index (χ1v) is 14.0. The summed E-state index contributed by atoms with van der Waals surface area (Å²) in [5.74, 6) is 0.0233. The Hall–Kier alpha value is -2.41. The molecule has 38 heavy (non-hydrogen) atoms. The smallest absolute Gasteiger partial charge is 0.254 e. The van der Waals surface area contributed by atoms with Gasteiger partial charge in [0.1, 0.15) is 0 Å². The van der Waals surface area contributed by atoms with Crippen LogP contribution in [0.3, 0.4) is 0 Å². The summed E-state index contributed by atoms with van der Waals surface area (Å²) in [6, 6.07) is 13.8. The van der Waals surface area contributed by atoms with Crippen molar-refractivity contribution in [2.24, 2.45) is 5.41 Å². The Morgan fingerprint density at radius 2 is 1.79 bits per heavy atom. The number of nitrogens with zero attached hydrogens (tertiary/aromatic N) is 2. The van der Waals surface area contributed by atoms with Crippen LogP contribution in [0, 0.1) is 5.41 Å². The van der Waals surface area contributed by atoms with Crippen LogP contribution in [-0.2, 0) is 18.4 Å². The lowest BCUT2D eigenvalue weighted by Crippen LogP contribution is -2.54. The number of aliphatic hydroxyl groups is 1. The zero-order chi connectivity index (χ0) is 25.8. The largest absolute Gasteiger partial charge is 0.390 e. The Bertz CT molecular complexity index is 1210. The van der Waals surface area contributed by atoms with E-state index in [2.05, 4.69) is 31.3 Å². The molecule has 204 valence electrons. The van der Waals surface area contributed by atoms with Gasteiger partial charge in [-0.15, -0.1) is 12.4 Å². The first kappa shape index (κ1) is 27.2. The Labute approximate surface area is 232 Å². The lowest BCUT2D eigenvalue weighted by Gasteiger charge is -2.48. The van der Waals surface area contributed by atoms with Gasteiger partial charge in [-0.05, 0) is 72.4 Å². The third kappa shape index (κ3) is 4.87. The number of nitrogens with one attached hydrogen (secondary N) is 1. The van der Waals surface area contributed by atoms with Gasteiger partial charge in [0.05, 0.1) is 6.10 Å². The molecule has 1 saturated heterocycles. The molecule has 2 fully saturated rings. The number of carbonyl (C=O) groups excluding carboxylic acids is 2. The van der Waals surface area contributed by atoms with Gasteiger partial charge in [-0.2, -0.15) is 0 Å². The molecule has 2 aromatic carbocycles. The molecule has 0 radical (unpaired) electrons. The average molecular weight is 538 g/mol. The molecular weight excluding hydrogens is 498 g/mol. The summed E-state index contributed by atoms with van der Waals surface area (Å²) in [5.41, 5.74) is 4.99. The predicted molar refractivity (Wildman–Crippen MR) is 151 cm³/mol. The van der Waals surface area contributed by atoms with E-state index >= 15 is 0 Å². The van der Waals surface area contributed by atoms with Crippen molar-refractivity contribution in [1.29, 1.82) is 0 Å². The molecule has 0 bridgehead atoms. The molecular formula is C31H40ClN3O3. The van der Waals surface area contributed by atoms with Crippen LogP contribution in [0.4, 0.5) is 0 Å². The maximum Gasteiger partial charge on any atom is 0.254 e. The van der Waals surface area contributed by atoms with Crippen LogP contribution >= 0.6 is 12.4 Å².